The van der Waals surface area contributed by atoms with E-state index in [2.05, 4.69) is 194 Å². The molecule has 2 nitrogen and oxygen atoms in total. The molecule has 0 aromatic heterocycles. The fourth-order valence-electron chi connectivity index (χ4n) is 8.20. The maximum absolute atomic E-state index is 5.11. The highest BCUT2D eigenvalue weighted by Gasteiger charge is 2.24. The van der Waals surface area contributed by atoms with E-state index in [-0.39, 0.29) is 0 Å². The Balaban J connectivity index is 1.09. The molecule has 0 unspecified atom stereocenters. The molecule has 0 amide bonds. The lowest BCUT2D eigenvalue weighted by Crippen LogP contribution is -2.00. The monoisotopic (exact) mass is 706 g/mol. The molecule has 0 bridgehead atoms. The number of allylic oxidation sites excluding steroid dienone is 8. The quantitative estimate of drug-likeness (QED) is 0.116. The third-order valence-corrected chi connectivity index (χ3v) is 10.9. The van der Waals surface area contributed by atoms with Gasteiger partial charge in [0.1, 0.15) is 0 Å². The summed E-state index contributed by atoms with van der Waals surface area (Å²) < 4.78 is 0. The van der Waals surface area contributed by atoms with Crippen LogP contribution in [0.1, 0.15) is 37.7 Å². The standard InChI is InChI=1S/C53H42N2/c1-54-53(55-51(39-18-6-3-7-19-39)35-30-37-16-4-2-5-17-37)40-33-31-38(32-34-40)41-20-14-21-42(36-41)43-28-15-29-50-48-25-11-10-24-46(48)44-22-8-9-23-45(44)47-26-12-13-27-49(47)52(43)50/h4,6,8-29,31-36H,1-3,5,7,30H2/b46-44?,47-45?,50-48?,51-35-,52-49?,55-53?. The molecule has 0 heterocycles. The van der Waals surface area contributed by atoms with Crippen LogP contribution in [0.5, 0.6) is 0 Å². The number of fused-ring (bicyclic) bond motifs is 8. The highest BCUT2D eigenvalue weighted by molar-refractivity contribution is 6.07. The van der Waals surface area contributed by atoms with Crippen LogP contribution in [0.15, 0.2) is 209 Å². The Morgan fingerprint density at radius 3 is 1.71 bits per heavy atom. The van der Waals surface area contributed by atoms with E-state index >= 15 is 0 Å². The van der Waals surface area contributed by atoms with Crippen molar-refractivity contribution in [3.63, 3.8) is 0 Å². The molecule has 0 radical (unpaired) electrons. The Labute approximate surface area is 324 Å². The predicted octanol–water partition coefficient (Wildman–Crippen LogP) is 14.3. The van der Waals surface area contributed by atoms with Crippen LogP contribution in [0, 0.1) is 0 Å². The molecule has 0 saturated carbocycles. The molecular weight excluding hydrogens is 665 g/mol. The summed E-state index contributed by atoms with van der Waals surface area (Å²) in [5, 5.41) is 0. The fourth-order valence-corrected chi connectivity index (χ4v) is 8.20. The van der Waals surface area contributed by atoms with E-state index in [4.69, 9.17) is 4.99 Å². The Kier molecular flexibility index (Phi) is 9.55. The number of rotatable bonds is 7. The maximum Gasteiger partial charge on any atom is 0.159 e. The van der Waals surface area contributed by atoms with Gasteiger partial charge in [0.25, 0.3) is 0 Å². The first-order valence-electron chi connectivity index (χ1n) is 19.4. The third-order valence-electron chi connectivity index (χ3n) is 10.9. The molecule has 6 aromatic carbocycles. The van der Waals surface area contributed by atoms with Crippen LogP contribution in [-0.2, 0) is 0 Å². The summed E-state index contributed by atoms with van der Waals surface area (Å²) in [7, 11) is 0. The zero-order valence-corrected chi connectivity index (χ0v) is 31.0. The number of nitrogens with zero attached hydrogens (tertiary/aromatic N) is 2. The lowest BCUT2D eigenvalue weighted by molar-refractivity contribution is 0.995. The highest BCUT2D eigenvalue weighted by atomic mass is 14.9. The zero-order chi connectivity index (χ0) is 37.0. The zero-order valence-electron chi connectivity index (χ0n) is 31.0. The Morgan fingerprint density at radius 2 is 1.07 bits per heavy atom. The predicted molar refractivity (Wildman–Crippen MR) is 234 cm³/mol. The van der Waals surface area contributed by atoms with E-state index in [1.807, 2.05) is 0 Å². The number of hydrogen-bond acceptors (Lipinski definition) is 1. The van der Waals surface area contributed by atoms with Crippen molar-refractivity contribution >= 4 is 12.6 Å². The van der Waals surface area contributed by atoms with Gasteiger partial charge in [-0.1, -0.05) is 176 Å². The summed E-state index contributed by atoms with van der Waals surface area (Å²) >= 11 is 0. The molecule has 264 valence electrons. The molecule has 6 aromatic rings. The van der Waals surface area contributed by atoms with Gasteiger partial charge in [0.15, 0.2) is 5.84 Å². The molecule has 0 aliphatic heterocycles. The van der Waals surface area contributed by atoms with E-state index in [1.165, 1.54) is 61.2 Å². The molecule has 3 aliphatic carbocycles. The molecule has 55 heavy (non-hydrogen) atoms. The van der Waals surface area contributed by atoms with Crippen LogP contribution in [0.3, 0.4) is 0 Å². The van der Waals surface area contributed by atoms with Gasteiger partial charge in [0, 0.05) is 5.56 Å². The normalized spacial score (nSPS) is 14.7. The van der Waals surface area contributed by atoms with Crippen LogP contribution >= 0.6 is 0 Å². The minimum atomic E-state index is 0.628. The Morgan fingerprint density at radius 1 is 0.509 bits per heavy atom. The van der Waals surface area contributed by atoms with Gasteiger partial charge in [-0.15, -0.1) is 0 Å². The van der Waals surface area contributed by atoms with Gasteiger partial charge in [-0.25, -0.2) is 9.98 Å². The number of aliphatic imine (C=N–C) groups is 2. The molecule has 2 heteroatoms. The summed E-state index contributed by atoms with van der Waals surface area (Å²) in [4.78, 5) is 9.54. The van der Waals surface area contributed by atoms with Crippen molar-refractivity contribution in [2.75, 3.05) is 0 Å². The topological polar surface area (TPSA) is 24.7 Å². The molecule has 0 spiro atoms. The first-order valence-corrected chi connectivity index (χ1v) is 19.4. The van der Waals surface area contributed by atoms with Crippen molar-refractivity contribution in [2.45, 2.75) is 32.1 Å². The second kappa shape index (κ2) is 15.4. The molecule has 0 atom stereocenters. The summed E-state index contributed by atoms with van der Waals surface area (Å²) in [5.41, 5.74) is 19.1. The van der Waals surface area contributed by atoms with E-state index in [0.717, 1.165) is 60.1 Å². The Hall–Kier alpha value is -6.64. The van der Waals surface area contributed by atoms with Crippen LogP contribution in [0.25, 0.3) is 66.8 Å². The van der Waals surface area contributed by atoms with Crippen molar-refractivity contribution < 1.29 is 0 Å². The lowest BCUT2D eigenvalue weighted by Gasteiger charge is -2.25. The molecule has 9 rings (SSSR count). The molecule has 0 fully saturated rings. The third kappa shape index (κ3) is 6.84. The van der Waals surface area contributed by atoms with Crippen molar-refractivity contribution in [3.05, 3.63) is 204 Å². The van der Waals surface area contributed by atoms with E-state index < -0.39 is 0 Å². The van der Waals surface area contributed by atoms with Crippen LogP contribution in [0.2, 0.25) is 0 Å². The van der Waals surface area contributed by atoms with Gasteiger partial charge in [0.05, 0.1) is 5.70 Å². The Bertz CT molecular complexity index is 2620. The minimum absolute atomic E-state index is 0.628. The lowest BCUT2D eigenvalue weighted by atomic mass is 9.78. The molecule has 3 aliphatic rings. The smallest absolute Gasteiger partial charge is 0.159 e. The first-order chi connectivity index (χ1) is 27.2. The summed E-state index contributed by atoms with van der Waals surface area (Å²) in [6.07, 6.45) is 20.9. The molecule has 0 N–H and O–H groups in total. The van der Waals surface area contributed by atoms with Crippen molar-refractivity contribution in [2.24, 2.45) is 9.98 Å². The van der Waals surface area contributed by atoms with Crippen molar-refractivity contribution in [3.8, 4) is 66.8 Å². The van der Waals surface area contributed by atoms with Crippen molar-refractivity contribution in [1.82, 2.24) is 0 Å². The summed E-state index contributed by atoms with van der Waals surface area (Å²) in [5.74, 6) is 0.628. The largest absolute Gasteiger partial charge is 0.245 e. The van der Waals surface area contributed by atoms with Crippen LogP contribution in [-0.4, -0.2) is 12.6 Å². The van der Waals surface area contributed by atoms with Gasteiger partial charge in [-0.2, -0.15) is 0 Å². The van der Waals surface area contributed by atoms with E-state index in [1.54, 1.807) is 0 Å². The fraction of sp³-hybridized carbons (Fsp3) is 0.0943. The van der Waals surface area contributed by atoms with Gasteiger partial charge < -0.3 is 0 Å². The molecular formula is C53H42N2. The number of hydrogen-bond donors (Lipinski definition) is 0. The highest BCUT2D eigenvalue weighted by Crippen LogP contribution is 2.50. The minimum Gasteiger partial charge on any atom is -0.245 e. The van der Waals surface area contributed by atoms with Gasteiger partial charge in [-0.3, -0.25) is 0 Å². The first kappa shape index (κ1) is 34.1. The van der Waals surface area contributed by atoms with Crippen LogP contribution in [0.4, 0.5) is 0 Å². The van der Waals surface area contributed by atoms with Gasteiger partial charge in [-0.05, 0) is 123 Å². The van der Waals surface area contributed by atoms with Crippen LogP contribution < -0.4 is 0 Å². The second-order valence-corrected chi connectivity index (χ2v) is 14.3. The maximum atomic E-state index is 5.11. The van der Waals surface area contributed by atoms with Gasteiger partial charge >= 0.3 is 0 Å². The summed E-state index contributed by atoms with van der Waals surface area (Å²) in [6, 6.07) is 50.8. The van der Waals surface area contributed by atoms with Crippen molar-refractivity contribution in [1.29, 1.82) is 0 Å². The van der Waals surface area contributed by atoms with Gasteiger partial charge in [0.2, 0.25) is 0 Å². The summed E-state index contributed by atoms with van der Waals surface area (Å²) in [6.45, 7) is 3.93. The average Bonchev–Trinajstić information content (AvgIpc) is 3.26. The SMILES string of the molecule is C=NC(=N/C(=C\CC1=CCCC=C1)C1=CCCC=C1)c1ccc(-c2cccc(-c3cccc4c3-c3ccccc3-c3ccccc3-c3ccccc3-4)c2)cc1. The van der Waals surface area contributed by atoms with E-state index in [9.17, 15) is 0 Å². The molecule has 0 saturated heterocycles. The number of amidine groups is 1. The average molecular weight is 707 g/mol. The second-order valence-electron chi connectivity index (χ2n) is 14.3. The van der Waals surface area contributed by atoms with E-state index in [0.29, 0.717) is 5.84 Å². The number of benzene rings is 6.